The van der Waals surface area contributed by atoms with Gasteiger partial charge in [0.05, 0.1) is 0 Å². The quantitative estimate of drug-likeness (QED) is 0.439. The zero-order valence-electron chi connectivity index (χ0n) is 7.83. The van der Waals surface area contributed by atoms with Crippen LogP contribution < -0.4 is 11.3 Å². The Morgan fingerprint density at radius 3 is 2.47 bits per heavy atom. The number of carbonyl (C=O) groups is 1. The van der Waals surface area contributed by atoms with Crippen molar-refractivity contribution in [2.24, 2.45) is 5.84 Å². The highest BCUT2D eigenvalue weighted by Crippen LogP contribution is 2.26. The minimum atomic E-state index is -0.317. The second-order valence-corrected chi connectivity index (χ2v) is 3.52. The zero-order chi connectivity index (χ0) is 10.8. The van der Waals surface area contributed by atoms with Crippen LogP contribution in [0.25, 0.3) is 10.8 Å². The lowest BCUT2D eigenvalue weighted by Crippen LogP contribution is -2.30. The van der Waals surface area contributed by atoms with Gasteiger partial charge < -0.3 is 0 Å². The molecule has 0 unspecified atom stereocenters. The van der Waals surface area contributed by atoms with Crippen LogP contribution >= 0.6 is 11.6 Å². The Labute approximate surface area is 91.8 Å². The molecule has 4 heteroatoms. The van der Waals surface area contributed by atoms with Gasteiger partial charge >= 0.3 is 0 Å². The summed E-state index contributed by atoms with van der Waals surface area (Å²) < 4.78 is 0. The minimum Gasteiger partial charge on any atom is -0.290 e. The normalized spacial score (nSPS) is 10.3. The van der Waals surface area contributed by atoms with Crippen molar-refractivity contribution in [3.8, 4) is 0 Å². The van der Waals surface area contributed by atoms with Gasteiger partial charge in [-0.1, -0.05) is 35.9 Å². The standard InChI is InChI=1S/C11H9ClN2O/c12-10-6-5-9(11(15)14-13)7-3-1-2-4-8(7)10/h1-6H,13H2,(H,14,15). The second-order valence-electron chi connectivity index (χ2n) is 3.11. The molecule has 0 radical (unpaired) electrons. The summed E-state index contributed by atoms with van der Waals surface area (Å²) in [5.74, 6) is 4.78. The lowest BCUT2D eigenvalue weighted by Gasteiger charge is -2.06. The van der Waals surface area contributed by atoms with Crippen LogP contribution in [-0.2, 0) is 0 Å². The van der Waals surface area contributed by atoms with Crippen LogP contribution in [0, 0.1) is 0 Å². The van der Waals surface area contributed by atoms with Gasteiger partial charge in [0.15, 0.2) is 0 Å². The summed E-state index contributed by atoms with van der Waals surface area (Å²) in [7, 11) is 0. The molecule has 1 amide bonds. The van der Waals surface area contributed by atoms with Crippen molar-refractivity contribution in [3.63, 3.8) is 0 Å². The number of halogens is 1. The number of carbonyl (C=O) groups excluding carboxylic acids is 1. The Morgan fingerprint density at radius 2 is 1.80 bits per heavy atom. The SMILES string of the molecule is NNC(=O)c1ccc(Cl)c2ccccc12. The molecule has 2 aromatic rings. The third kappa shape index (κ3) is 1.67. The molecule has 2 aromatic carbocycles. The fraction of sp³-hybridized carbons (Fsp3) is 0. The van der Waals surface area contributed by atoms with Gasteiger partial charge in [-0.3, -0.25) is 10.2 Å². The Morgan fingerprint density at radius 1 is 1.13 bits per heavy atom. The number of nitrogens with one attached hydrogen (secondary N) is 1. The van der Waals surface area contributed by atoms with E-state index in [0.29, 0.717) is 10.6 Å². The van der Waals surface area contributed by atoms with E-state index < -0.39 is 0 Å². The van der Waals surface area contributed by atoms with E-state index in [1.54, 1.807) is 12.1 Å². The van der Waals surface area contributed by atoms with Crippen molar-refractivity contribution >= 4 is 28.3 Å². The van der Waals surface area contributed by atoms with Gasteiger partial charge in [0, 0.05) is 16.0 Å². The van der Waals surface area contributed by atoms with Gasteiger partial charge in [0.25, 0.3) is 5.91 Å². The summed E-state index contributed by atoms with van der Waals surface area (Å²) in [6, 6.07) is 10.8. The largest absolute Gasteiger partial charge is 0.290 e. The molecule has 0 saturated heterocycles. The molecule has 0 atom stereocenters. The zero-order valence-corrected chi connectivity index (χ0v) is 8.58. The summed E-state index contributed by atoms with van der Waals surface area (Å²) >= 11 is 6.01. The highest BCUT2D eigenvalue weighted by atomic mass is 35.5. The van der Waals surface area contributed by atoms with E-state index in [-0.39, 0.29) is 5.91 Å². The van der Waals surface area contributed by atoms with Crippen molar-refractivity contribution in [3.05, 3.63) is 47.0 Å². The first kappa shape index (κ1) is 9.96. The minimum absolute atomic E-state index is 0.317. The fourth-order valence-electron chi connectivity index (χ4n) is 1.54. The van der Waals surface area contributed by atoms with E-state index in [1.165, 1.54) is 0 Å². The van der Waals surface area contributed by atoms with Crippen LogP contribution in [0.15, 0.2) is 36.4 Å². The number of hydrazine groups is 1. The first-order chi connectivity index (χ1) is 7.24. The summed E-state index contributed by atoms with van der Waals surface area (Å²) in [6.45, 7) is 0. The van der Waals surface area contributed by atoms with Gasteiger partial charge in [-0.05, 0) is 17.5 Å². The molecule has 0 heterocycles. The molecular formula is C11H9ClN2O. The van der Waals surface area contributed by atoms with Crippen molar-refractivity contribution in [1.29, 1.82) is 0 Å². The van der Waals surface area contributed by atoms with E-state index in [4.69, 9.17) is 17.4 Å². The molecule has 3 nitrogen and oxygen atoms in total. The summed E-state index contributed by atoms with van der Waals surface area (Å²) in [6.07, 6.45) is 0. The highest BCUT2D eigenvalue weighted by molar-refractivity contribution is 6.36. The van der Waals surface area contributed by atoms with Crippen LogP contribution in [0.3, 0.4) is 0 Å². The lowest BCUT2D eigenvalue weighted by molar-refractivity contribution is 0.0955. The van der Waals surface area contributed by atoms with Crippen LogP contribution in [0.2, 0.25) is 5.02 Å². The van der Waals surface area contributed by atoms with E-state index in [2.05, 4.69) is 5.43 Å². The molecule has 0 spiro atoms. The number of nitrogen functional groups attached to an aromatic ring is 1. The van der Waals surface area contributed by atoms with Crippen molar-refractivity contribution in [2.45, 2.75) is 0 Å². The first-order valence-corrected chi connectivity index (χ1v) is 4.80. The molecule has 15 heavy (non-hydrogen) atoms. The Kier molecular flexibility index (Phi) is 2.58. The summed E-state index contributed by atoms with van der Waals surface area (Å²) in [5, 5.41) is 2.27. The smallest absolute Gasteiger partial charge is 0.265 e. The molecule has 0 aliphatic rings. The predicted octanol–water partition coefficient (Wildman–Crippen LogP) is 2.10. The number of benzene rings is 2. The average Bonchev–Trinajstić information content (AvgIpc) is 2.29. The number of amides is 1. The maximum Gasteiger partial charge on any atom is 0.265 e. The van der Waals surface area contributed by atoms with Gasteiger partial charge in [-0.15, -0.1) is 0 Å². The predicted molar refractivity (Wildman–Crippen MR) is 60.6 cm³/mol. The Balaban J connectivity index is 2.77. The van der Waals surface area contributed by atoms with Gasteiger partial charge in [0.1, 0.15) is 0 Å². The number of fused-ring (bicyclic) bond motifs is 1. The van der Waals surface area contributed by atoms with E-state index in [9.17, 15) is 4.79 Å². The van der Waals surface area contributed by atoms with Crippen molar-refractivity contribution in [1.82, 2.24) is 5.43 Å². The third-order valence-corrected chi connectivity index (χ3v) is 2.58. The van der Waals surface area contributed by atoms with Crippen molar-refractivity contribution < 1.29 is 4.79 Å². The number of hydrogen-bond donors (Lipinski definition) is 2. The van der Waals surface area contributed by atoms with Crippen LogP contribution in [0.4, 0.5) is 0 Å². The Bertz CT molecular complexity index is 525. The lowest BCUT2D eigenvalue weighted by atomic mass is 10.0. The number of nitrogens with two attached hydrogens (primary N) is 1. The first-order valence-electron chi connectivity index (χ1n) is 4.42. The Hall–Kier alpha value is -1.58. The fourth-order valence-corrected chi connectivity index (χ4v) is 1.77. The monoisotopic (exact) mass is 220 g/mol. The average molecular weight is 221 g/mol. The molecule has 0 aliphatic heterocycles. The molecule has 0 aromatic heterocycles. The van der Waals surface area contributed by atoms with Gasteiger partial charge in [-0.2, -0.15) is 0 Å². The molecule has 76 valence electrons. The van der Waals surface area contributed by atoms with Crippen molar-refractivity contribution in [2.75, 3.05) is 0 Å². The third-order valence-electron chi connectivity index (χ3n) is 2.25. The highest BCUT2D eigenvalue weighted by Gasteiger charge is 2.09. The topological polar surface area (TPSA) is 55.1 Å². The maximum atomic E-state index is 11.5. The molecule has 3 N–H and O–H groups in total. The number of rotatable bonds is 1. The molecule has 0 fully saturated rings. The van der Waals surface area contributed by atoms with E-state index in [0.717, 1.165) is 10.8 Å². The van der Waals surface area contributed by atoms with Crippen LogP contribution in [0.1, 0.15) is 10.4 Å². The van der Waals surface area contributed by atoms with E-state index >= 15 is 0 Å². The molecule has 0 aliphatic carbocycles. The molecule has 2 rings (SSSR count). The maximum absolute atomic E-state index is 11.5. The molecule has 0 bridgehead atoms. The van der Waals surface area contributed by atoms with E-state index in [1.807, 2.05) is 24.3 Å². The summed E-state index contributed by atoms with van der Waals surface area (Å²) in [4.78, 5) is 11.5. The van der Waals surface area contributed by atoms with Crippen LogP contribution in [0.5, 0.6) is 0 Å². The number of hydrogen-bond acceptors (Lipinski definition) is 2. The molecular weight excluding hydrogens is 212 g/mol. The van der Waals surface area contributed by atoms with Gasteiger partial charge in [-0.25, -0.2) is 5.84 Å². The molecule has 0 saturated carbocycles. The second kappa shape index (κ2) is 3.88. The van der Waals surface area contributed by atoms with Crippen LogP contribution in [-0.4, -0.2) is 5.91 Å². The van der Waals surface area contributed by atoms with Gasteiger partial charge in [0.2, 0.25) is 0 Å². The summed E-state index contributed by atoms with van der Waals surface area (Å²) in [5.41, 5.74) is 2.64.